The van der Waals surface area contributed by atoms with E-state index < -0.39 is 0 Å². The third-order valence-electron chi connectivity index (χ3n) is 3.25. The van der Waals surface area contributed by atoms with Gasteiger partial charge in [0.15, 0.2) is 0 Å². The summed E-state index contributed by atoms with van der Waals surface area (Å²) in [6, 6.07) is 8.68. The Bertz CT molecular complexity index is 548. The van der Waals surface area contributed by atoms with Gasteiger partial charge in [-0.3, -0.25) is 4.68 Å². The number of aromatic nitrogens is 2. The van der Waals surface area contributed by atoms with Crippen LogP contribution in [0.5, 0.6) is 0 Å². The molecule has 0 aliphatic rings. The second-order valence-corrected chi connectivity index (χ2v) is 4.90. The van der Waals surface area contributed by atoms with Crippen LogP contribution in [0, 0.1) is 5.82 Å². The summed E-state index contributed by atoms with van der Waals surface area (Å²) in [5, 5.41) is 4.40. The summed E-state index contributed by atoms with van der Waals surface area (Å²) < 4.78 is 15.0. The van der Waals surface area contributed by atoms with Gasteiger partial charge in [-0.25, -0.2) is 4.39 Å². The number of rotatable bonds is 5. The fourth-order valence-electron chi connectivity index (χ4n) is 2.24. The Balaban J connectivity index is 2.00. The maximum atomic E-state index is 13.1. The number of hydrogen-bond acceptors (Lipinski definition) is 2. The average Bonchev–Trinajstić information content (AvgIpc) is 2.70. The maximum Gasteiger partial charge on any atom is 0.123 e. The molecule has 2 aromatic rings. The Morgan fingerprint density at radius 2 is 2.11 bits per heavy atom. The molecule has 1 unspecified atom stereocenters. The van der Waals surface area contributed by atoms with Gasteiger partial charge in [-0.05, 0) is 36.6 Å². The largest absolute Gasteiger partial charge is 0.327 e. The standard InChI is InChI=1S/C15H20FN3/c1-3-14-10-15(19(2)18-14)9-13(17)8-11-5-4-6-12(16)7-11/h4-7,10,13H,3,8-9,17H2,1-2H3. The fraction of sp³-hybridized carbons (Fsp3) is 0.400. The molecule has 2 N–H and O–H groups in total. The number of nitrogens with zero attached hydrogens (tertiary/aromatic N) is 2. The molecule has 1 atom stereocenters. The smallest absolute Gasteiger partial charge is 0.123 e. The summed E-state index contributed by atoms with van der Waals surface area (Å²) in [5.74, 6) is -0.210. The second-order valence-electron chi connectivity index (χ2n) is 4.90. The molecule has 0 fully saturated rings. The van der Waals surface area contributed by atoms with Crippen molar-refractivity contribution in [1.29, 1.82) is 0 Å². The zero-order valence-corrected chi connectivity index (χ0v) is 11.4. The lowest BCUT2D eigenvalue weighted by Gasteiger charge is -2.11. The molecule has 2 rings (SSSR count). The van der Waals surface area contributed by atoms with Crippen molar-refractivity contribution in [3.05, 3.63) is 53.1 Å². The van der Waals surface area contributed by atoms with Crippen molar-refractivity contribution in [3.63, 3.8) is 0 Å². The SMILES string of the molecule is CCc1cc(CC(N)Cc2cccc(F)c2)n(C)n1. The van der Waals surface area contributed by atoms with Gasteiger partial charge in [-0.15, -0.1) is 0 Å². The number of hydrogen-bond donors (Lipinski definition) is 1. The Kier molecular flexibility index (Phi) is 4.32. The van der Waals surface area contributed by atoms with Crippen molar-refractivity contribution in [1.82, 2.24) is 9.78 Å². The van der Waals surface area contributed by atoms with Crippen molar-refractivity contribution in [2.75, 3.05) is 0 Å². The lowest BCUT2D eigenvalue weighted by molar-refractivity contribution is 0.602. The highest BCUT2D eigenvalue weighted by atomic mass is 19.1. The van der Waals surface area contributed by atoms with Gasteiger partial charge in [0.05, 0.1) is 5.69 Å². The van der Waals surface area contributed by atoms with E-state index in [1.807, 2.05) is 17.8 Å². The summed E-state index contributed by atoms with van der Waals surface area (Å²) in [6.45, 7) is 2.08. The molecule has 0 saturated heterocycles. The van der Waals surface area contributed by atoms with Gasteiger partial charge < -0.3 is 5.73 Å². The molecule has 0 aliphatic heterocycles. The zero-order chi connectivity index (χ0) is 13.8. The number of halogens is 1. The molecule has 1 aromatic heterocycles. The van der Waals surface area contributed by atoms with Crippen LogP contribution >= 0.6 is 0 Å². The molecule has 0 spiro atoms. The zero-order valence-electron chi connectivity index (χ0n) is 11.4. The Morgan fingerprint density at radius 1 is 1.32 bits per heavy atom. The third kappa shape index (κ3) is 3.64. The number of nitrogens with two attached hydrogens (primary N) is 1. The summed E-state index contributed by atoms with van der Waals surface area (Å²) in [4.78, 5) is 0. The van der Waals surface area contributed by atoms with Crippen LogP contribution in [0.4, 0.5) is 4.39 Å². The first kappa shape index (κ1) is 13.7. The topological polar surface area (TPSA) is 43.8 Å². The van der Waals surface area contributed by atoms with E-state index in [9.17, 15) is 4.39 Å². The molecule has 1 heterocycles. The third-order valence-corrected chi connectivity index (χ3v) is 3.25. The fourth-order valence-corrected chi connectivity index (χ4v) is 2.24. The van der Waals surface area contributed by atoms with Gasteiger partial charge in [-0.2, -0.15) is 5.10 Å². The van der Waals surface area contributed by atoms with Gasteiger partial charge in [-0.1, -0.05) is 19.1 Å². The Morgan fingerprint density at radius 3 is 2.74 bits per heavy atom. The molecule has 0 bridgehead atoms. The first-order valence-electron chi connectivity index (χ1n) is 6.60. The molecular weight excluding hydrogens is 241 g/mol. The first-order valence-corrected chi connectivity index (χ1v) is 6.60. The first-order chi connectivity index (χ1) is 9.08. The molecule has 102 valence electrons. The monoisotopic (exact) mass is 261 g/mol. The van der Waals surface area contributed by atoms with Gasteiger partial charge >= 0.3 is 0 Å². The normalized spacial score (nSPS) is 12.6. The summed E-state index contributed by atoms with van der Waals surface area (Å²) in [7, 11) is 1.93. The van der Waals surface area contributed by atoms with E-state index in [0.717, 1.165) is 29.8 Å². The molecule has 1 aromatic carbocycles. The van der Waals surface area contributed by atoms with E-state index in [-0.39, 0.29) is 11.9 Å². The van der Waals surface area contributed by atoms with Crippen LogP contribution in [-0.4, -0.2) is 15.8 Å². The highest BCUT2D eigenvalue weighted by Gasteiger charge is 2.10. The quantitative estimate of drug-likeness (QED) is 0.897. The molecule has 0 amide bonds. The van der Waals surface area contributed by atoms with Crippen LogP contribution < -0.4 is 5.73 Å². The minimum absolute atomic E-state index is 0.0260. The molecule has 0 saturated carbocycles. The van der Waals surface area contributed by atoms with E-state index in [2.05, 4.69) is 18.1 Å². The molecule has 0 radical (unpaired) electrons. The van der Waals surface area contributed by atoms with Gasteiger partial charge in [0.25, 0.3) is 0 Å². The Labute approximate surface area is 113 Å². The molecule has 19 heavy (non-hydrogen) atoms. The maximum absolute atomic E-state index is 13.1. The van der Waals surface area contributed by atoms with Crippen molar-refractivity contribution in [2.45, 2.75) is 32.2 Å². The lowest BCUT2D eigenvalue weighted by atomic mass is 10.0. The molecule has 4 heteroatoms. The summed E-state index contributed by atoms with van der Waals surface area (Å²) >= 11 is 0. The highest BCUT2D eigenvalue weighted by Crippen LogP contribution is 2.10. The van der Waals surface area contributed by atoms with E-state index in [0.29, 0.717) is 6.42 Å². The number of benzene rings is 1. The van der Waals surface area contributed by atoms with Crippen LogP contribution in [-0.2, 0) is 26.3 Å². The Hall–Kier alpha value is -1.68. The van der Waals surface area contributed by atoms with E-state index in [1.54, 1.807) is 12.1 Å². The van der Waals surface area contributed by atoms with Crippen LogP contribution in [0.2, 0.25) is 0 Å². The van der Waals surface area contributed by atoms with Crippen molar-refractivity contribution in [2.24, 2.45) is 12.8 Å². The predicted octanol–water partition coefficient (Wildman–Crippen LogP) is 2.23. The molecule has 0 aliphatic carbocycles. The van der Waals surface area contributed by atoms with Crippen LogP contribution in [0.25, 0.3) is 0 Å². The average molecular weight is 261 g/mol. The van der Waals surface area contributed by atoms with Crippen molar-refractivity contribution in [3.8, 4) is 0 Å². The highest BCUT2D eigenvalue weighted by molar-refractivity contribution is 5.18. The van der Waals surface area contributed by atoms with Gasteiger partial charge in [0.2, 0.25) is 0 Å². The van der Waals surface area contributed by atoms with Crippen LogP contribution in [0.3, 0.4) is 0 Å². The minimum Gasteiger partial charge on any atom is -0.327 e. The minimum atomic E-state index is -0.210. The summed E-state index contributed by atoms with van der Waals surface area (Å²) in [6.07, 6.45) is 2.34. The number of aryl methyl sites for hydroxylation is 2. The predicted molar refractivity (Wildman–Crippen MR) is 74.4 cm³/mol. The van der Waals surface area contributed by atoms with Gasteiger partial charge in [0.1, 0.15) is 5.82 Å². The second kappa shape index (κ2) is 5.97. The van der Waals surface area contributed by atoms with Gasteiger partial charge in [0, 0.05) is 25.2 Å². The van der Waals surface area contributed by atoms with Crippen LogP contribution in [0.15, 0.2) is 30.3 Å². The van der Waals surface area contributed by atoms with E-state index in [1.165, 1.54) is 6.07 Å². The summed E-state index contributed by atoms with van der Waals surface area (Å²) in [5.41, 5.74) is 9.28. The lowest BCUT2D eigenvalue weighted by Crippen LogP contribution is -2.26. The van der Waals surface area contributed by atoms with Crippen LogP contribution in [0.1, 0.15) is 23.9 Å². The van der Waals surface area contributed by atoms with E-state index >= 15 is 0 Å². The molecule has 3 nitrogen and oxygen atoms in total. The van der Waals surface area contributed by atoms with E-state index in [4.69, 9.17) is 5.73 Å². The van der Waals surface area contributed by atoms with Crippen molar-refractivity contribution < 1.29 is 4.39 Å². The van der Waals surface area contributed by atoms with Crippen molar-refractivity contribution >= 4 is 0 Å². The molecular formula is C15H20FN3.